The molecule has 2 aromatic carbocycles. The zero-order valence-electron chi connectivity index (χ0n) is 59.6. The molecule has 3 amide bonds. The first-order chi connectivity index (χ1) is 48.2. The Morgan fingerprint density at radius 1 is 0.578 bits per heavy atom. The first-order valence-electron chi connectivity index (χ1n) is 36.0. The minimum absolute atomic E-state index is 0. The standard InChI is InChI=1S/C39H50N7O6.C36H45N6O6.2V/c1-5-25-31(22-47)46-21-33(25)51-35-29(43-28-13-12-24(20-30(28)44-35)50-17-16-42-37-40-14-9-15-41-37)11-8-6-7-10-26-27-18-23(27)19-32(26)52-38(49)45-34(36(46)48)39(2,3)4;1-22-29(21-43)42-20-31(22)48-33-27(10-7-5-6-9-23-17-30(23)47-32(44)19-25(34(42)45)36(2,3)4)40-26-12-11-24(18-28(26)41-33)46-16-15-39-35-37-13-8-14-38-35;;/h9,12-15,20,23,25-27,31-34H,5-8,10-11,16-19,21H2,1-4H3,(H,45,49)(H,40,41,42);8,11-14,18,22-23,25,29-31H,5-7,9-10,15-17,19-20H2,1-4H3,(H,37,38,39);;/q2*-1;;/t23?,25-,26+,27?,31+,32+,33-,34+;22-,23+,25+,29+,30+,31-;;/m00../s1. The summed E-state index contributed by atoms with van der Waals surface area (Å²) in [6, 6.07) is 12.2. The van der Waals surface area contributed by atoms with Gasteiger partial charge in [-0.25, -0.2) is 57.2 Å². The summed E-state index contributed by atoms with van der Waals surface area (Å²) in [4.78, 5) is 119. The molecule has 102 heavy (non-hydrogen) atoms. The van der Waals surface area contributed by atoms with E-state index >= 15 is 0 Å². The molecule has 4 aliphatic heterocycles. The number of aryl methyl sites for hydroxylation is 2. The largest absolute Gasteiger partial charge is 0.540 e. The molecule has 4 bridgehead atoms. The quantitative estimate of drug-likeness (QED) is 0.0550. The molecule has 3 saturated carbocycles. The van der Waals surface area contributed by atoms with Crippen LogP contribution in [0.2, 0.25) is 0 Å². The monoisotopic (exact) mass is 1470 g/mol. The third-order valence-corrected chi connectivity index (χ3v) is 20.9. The first kappa shape index (κ1) is 76.9. The van der Waals surface area contributed by atoms with E-state index in [2.05, 4.69) is 48.5 Å². The van der Waals surface area contributed by atoms with Gasteiger partial charge in [-0.1, -0.05) is 99.6 Å². The van der Waals surface area contributed by atoms with E-state index in [1.165, 1.54) is 16.2 Å². The zero-order chi connectivity index (χ0) is 70.2. The number of amides is 3. The second-order valence-electron chi connectivity index (χ2n) is 30.1. The van der Waals surface area contributed by atoms with E-state index in [1.54, 1.807) is 36.9 Å². The number of alkyl carbamates (subject to hydrolysis) is 1. The van der Waals surface area contributed by atoms with Crippen molar-refractivity contribution in [2.24, 2.45) is 52.3 Å². The maximum absolute atomic E-state index is 14.3. The van der Waals surface area contributed by atoms with E-state index in [0.29, 0.717) is 115 Å². The molecule has 25 nitrogen and oxygen atoms in total. The average Bonchev–Trinajstić information content (AvgIpc) is 1.60. The van der Waals surface area contributed by atoms with Crippen LogP contribution in [0.4, 0.5) is 16.7 Å². The molecule has 4 aromatic heterocycles. The van der Waals surface area contributed by atoms with Crippen LogP contribution < -0.4 is 34.9 Å². The number of carbonyl (C=O) groups excluding carboxylic acids is 6. The Morgan fingerprint density at radius 2 is 1.12 bits per heavy atom. The molecule has 27 heteroatoms. The number of carbonyl (C=O) groups is 4. The number of benzene rings is 2. The number of esters is 1. The number of aromatic nitrogens is 8. The molecular weight excluding hydrogens is 1380 g/mol. The molecule has 13 rings (SSSR count). The topological polar surface area (TPSA) is 303 Å². The van der Waals surface area contributed by atoms with Crippen molar-refractivity contribution in [1.29, 1.82) is 0 Å². The van der Waals surface area contributed by atoms with Gasteiger partial charge < -0.3 is 63.8 Å². The van der Waals surface area contributed by atoms with Crippen LogP contribution in [0, 0.1) is 52.3 Å². The number of hydrogen-bond acceptors (Lipinski definition) is 22. The number of ether oxygens (including phenoxy) is 6. The predicted molar refractivity (Wildman–Crippen MR) is 372 cm³/mol. The Labute approximate surface area is 620 Å². The van der Waals surface area contributed by atoms with E-state index < -0.39 is 53.2 Å². The maximum atomic E-state index is 14.3. The summed E-state index contributed by atoms with van der Waals surface area (Å²) in [6.45, 7) is 17.5. The Balaban J connectivity index is 0.000000216. The van der Waals surface area contributed by atoms with Crippen molar-refractivity contribution in [3.05, 3.63) is 84.7 Å². The molecular formula is C75H95N13O12V2-2. The van der Waals surface area contributed by atoms with Crippen molar-refractivity contribution in [3.8, 4) is 23.3 Å². The minimum atomic E-state index is -0.912. The van der Waals surface area contributed by atoms with Gasteiger partial charge in [0.25, 0.3) is 0 Å². The van der Waals surface area contributed by atoms with Gasteiger partial charge in [0.05, 0.1) is 60.6 Å². The van der Waals surface area contributed by atoms with Gasteiger partial charge in [-0.2, -0.15) is 0 Å². The fraction of sp³-hybridized carbons (Fsp3) is 0.600. The molecule has 2 saturated heterocycles. The number of nitrogens with zero attached hydrogens (tertiary/aromatic N) is 10. The molecule has 14 atom stereocenters. The van der Waals surface area contributed by atoms with Gasteiger partial charge in [0.1, 0.15) is 66.6 Å². The van der Waals surface area contributed by atoms with Crippen molar-refractivity contribution >= 4 is 70.4 Å². The maximum Gasteiger partial charge on any atom is 0.408 e. The van der Waals surface area contributed by atoms with Crippen molar-refractivity contribution in [3.63, 3.8) is 0 Å². The fourth-order valence-electron chi connectivity index (χ4n) is 15.1. The normalized spacial score (nSPS) is 27.5. The van der Waals surface area contributed by atoms with E-state index in [-0.39, 0.29) is 98.4 Å². The fourth-order valence-corrected chi connectivity index (χ4v) is 15.1. The van der Waals surface area contributed by atoms with Crippen LogP contribution in [0.25, 0.3) is 22.1 Å². The van der Waals surface area contributed by atoms with Gasteiger partial charge in [-0.15, -0.1) is 0 Å². The molecule has 7 aliphatic rings. The number of anilines is 2. The van der Waals surface area contributed by atoms with Crippen LogP contribution in [0.5, 0.6) is 23.3 Å². The molecule has 2 radical (unpaired) electrons. The summed E-state index contributed by atoms with van der Waals surface area (Å²) in [5, 5.41) is 9.17. The molecule has 0 spiro atoms. The summed E-state index contributed by atoms with van der Waals surface area (Å²) in [5.41, 5.74) is 3.03. The van der Waals surface area contributed by atoms with E-state index in [0.717, 1.165) is 86.6 Å². The number of fused-ring (bicyclic) bond motifs is 12. The summed E-state index contributed by atoms with van der Waals surface area (Å²) in [7, 11) is 0. The summed E-state index contributed by atoms with van der Waals surface area (Å²) < 4.78 is 37.1. The van der Waals surface area contributed by atoms with Gasteiger partial charge in [0.15, 0.2) is 0 Å². The molecule has 2 unspecified atom stereocenters. The van der Waals surface area contributed by atoms with Gasteiger partial charge in [0.2, 0.25) is 35.5 Å². The van der Waals surface area contributed by atoms with Crippen LogP contribution in [-0.4, -0.2) is 168 Å². The van der Waals surface area contributed by atoms with Crippen LogP contribution >= 0.6 is 0 Å². The Bertz CT molecular complexity index is 3870. The Morgan fingerprint density at radius 3 is 1.67 bits per heavy atom. The molecule has 8 heterocycles. The number of hydrogen-bond donors (Lipinski definition) is 3. The van der Waals surface area contributed by atoms with Crippen molar-refractivity contribution < 1.29 is 94.3 Å². The van der Waals surface area contributed by atoms with E-state index in [9.17, 15) is 28.8 Å². The van der Waals surface area contributed by atoms with Crippen molar-refractivity contribution in [2.45, 2.75) is 194 Å². The summed E-state index contributed by atoms with van der Waals surface area (Å²) >= 11 is 0. The van der Waals surface area contributed by atoms with Crippen molar-refractivity contribution in [2.75, 3.05) is 50.0 Å². The van der Waals surface area contributed by atoms with Gasteiger partial charge in [-0.3, -0.25) is 14.4 Å². The van der Waals surface area contributed by atoms with Gasteiger partial charge in [-0.05, 0) is 141 Å². The molecule has 3 N–H and O–H groups in total. The van der Waals surface area contributed by atoms with Crippen LogP contribution in [-0.2, 0) is 83.4 Å². The number of rotatable bonds is 13. The summed E-state index contributed by atoms with van der Waals surface area (Å²) in [6.07, 6.45) is 21.7. The first-order valence-corrected chi connectivity index (χ1v) is 36.0. The smallest absolute Gasteiger partial charge is 0.408 e. The minimum Gasteiger partial charge on any atom is -0.540 e. The van der Waals surface area contributed by atoms with Gasteiger partial charge in [0, 0.05) is 74.0 Å². The van der Waals surface area contributed by atoms with Crippen LogP contribution in [0.1, 0.15) is 150 Å². The molecule has 3 aliphatic carbocycles. The second kappa shape index (κ2) is 34.2. The van der Waals surface area contributed by atoms with E-state index in [4.69, 9.17) is 48.4 Å². The predicted octanol–water partition coefficient (Wildman–Crippen LogP) is 10.00. The van der Waals surface area contributed by atoms with Crippen LogP contribution in [0.15, 0.2) is 73.3 Å². The van der Waals surface area contributed by atoms with Gasteiger partial charge >= 0.3 is 12.1 Å². The Hall–Kier alpha value is -7.73. The van der Waals surface area contributed by atoms with Crippen LogP contribution in [0.3, 0.4) is 0 Å². The molecule has 5 fully saturated rings. The molecule has 544 valence electrons. The van der Waals surface area contributed by atoms with Crippen molar-refractivity contribution in [1.82, 2.24) is 55.0 Å². The van der Waals surface area contributed by atoms with E-state index in [1.807, 2.05) is 91.8 Å². The zero-order valence-corrected chi connectivity index (χ0v) is 62.4. The average molecular weight is 1470 g/mol. The number of nitrogens with one attached hydrogen (secondary N) is 3. The SMILES string of the molecule is CC[C@@H]1[C@@H]2CN(C(=O)[C@H](C(C)(C)C)NC(=O)O[C@@H]3CC4CC4[C@H]3CCCCCc3nc4ccc(OCCNc5ncccn5)cc4nc3O2)[C@@H]1[C-]=O.C[C@@H]1[C@@H]2CN(C(=O)[C@H](C(C)(C)C)CC(=O)O[C@@H]3C[C@H]3CCCCCc3nc4ccc(OCCNc5ncccn5)cc4nc3O2)[C@@H]1[C-]=O.[V].[V]. The second-order valence-corrected chi connectivity index (χ2v) is 30.1. The Kier molecular flexibility index (Phi) is 25.8. The third kappa shape index (κ3) is 18.8. The molecule has 6 aromatic rings. The third-order valence-electron chi connectivity index (χ3n) is 20.9. The summed E-state index contributed by atoms with van der Waals surface area (Å²) in [5.74, 6) is 2.75.